The molecule has 3 rings (SSSR count). The van der Waals surface area contributed by atoms with Crippen molar-refractivity contribution in [1.29, 1.82) is 0 Å². The summed E-state index contributed by atoms with van der Waals surface area (Å²) in [5, 5.41) is 2.83. The van der Waals surface area contributed by atoms with Gasteiger partial charge in [0.15, 0.2) is 0 Å². The number of aromatic nitrogens is 1. The standard InChI is InChI=1S/C17H18Cl2N4O3S/c18-13-4-3-5-14(19)17(13)27(25,26)21-10-16(24)22-12-7-9-23(11-12)15-6-1-2-8-20-15/h1-6,8,12,21H,7,9-11H2,(H,22,24). The number of hydrogen-bond acceptors (Lipinski definition) is 5. The molecule has 2 heterocycles. The van der Waals surface area contributed by atoms with Gasteiger partial charge in [0.1, 0.15) is 10.7 Å². The fraction of sp³-hybridized carbons (Fsp3) is 0.294. The summed E-state index contributed by atoms with van der Waals surface area (Å²) in [6.07, 6.45) is 2.47. The van der Waals surface area contributed by atoms with Crippen LogP contribution < -0.4 is 14.9 Å². The molecule has 1 aliphatic rings. The van der Waals surface area contributed by atoms with E-state index < -0.39 is 22.5 Å². The topological polar surface area (TPSA) is 91.4 Å². The van der Waals surface area contributed by atoms with E-state index in [1.54, 1.807) is 12.3 Å². The predicted molar refractivity (Wildman–Crippen MR) is 105 cm³/mol. The fourth-order valence-electron chi connectivity index (χ4n) is 2.88. The SMILES string of the molecule is O=C(CNS(=O)(=O)c1c(Cl)cccc1Cl)NC1CCN(c2ccccn2)C1. The zero-order chi connectivity index (χ0) is 19.4. The van der Waals surface area contributed by atoms with Gasteiger partial charge in [-0.3, -0.25) is 4.79 Å². The molecule has 0 radical (unpaired) electrons. The van der Waals surface area contributed by atoms with Crippen molar-refractivity contribution in [2.75, 3.05) is 24.5 Å². The lowest BCUT2D eigenvalue weighted by Crippen LogP contribution is -2.43. The number of carbonyl (C=O) groups is 1. The van der Waals surface area contributed by atoms with Crippen LogP contribution in [0.2, 0.25) is 10.0 Å². The van der Waals surface area contributed by atoms with E-state index in [1.165, 1.54) is 12.1 Å². The molecule has 144 valence electrons. The van der Waals surface area contributed by atoms with Crippen LogP contribution in [0.3, 0.4) is 0 Å². The minimum Gasteiger partial charge on any atom is -0.354 e. The zero-order valence-corrected chi connectivity index (χ0v) is 16.6. The summed E-state index contributed by atoms with van der Waals surface area (Å²) in [6, 6.07) is 9.97. The highest BCUT2D eigenvalue weighted by atomic mass is 35.5. The van der Waals surface area contributed by atoms with Crippen molar-refractivity contribution >= 4 is 45.0 Å². The Morgan fingerprint density at radius 2 is 1.93 bits per heavy atom. The largest absolute Gasteiger partial charge is 0.354 e. The van der Waals surface area contributed by atoms with Crippen molar-refractivity contribution < 1.29 is 13.2 Å². The van der Waals surface area contributed by atoms with Gasteiger partial charge < -0.3 is 10.2 Å². The summed E-state index contributed by atoms with van der Waals surface area (Å²) >= 11 is 11.9. The van der Waals surface area contributed by atoms with Gasteiger partial charge in [0.05, 0.1) is 16.6 Å². The molecule has 1 aromatic carbocycles. The molecule has 2 aromatic rings. The van der Waals surface area contributed by atoms with Crippen LogP contribution in [0.5, 0.6) is 0 Å². The van der Waals surface area contributed by atoms with E-state index in [-0.39, 0.29) is 21.0 Å². The lowest BCUT2D eigenvalue weighted by atomic mass is 10.2. The molecule has 1 aliphatic heterocycles. The van der Waals surface area contributed by atoms with E-state index in [0.717, 1.165) is 18.8 Å². The van der Waals surface area contributed by atoms with Gasteiger partial charge in [-0.15, -0.1) is 0 Å². The lowest BCUT2D eigenvalue weighted by molar-refractivity contribution is -0.120. The molecule has 10 heteroatoms. The van der Waals surface area contributed by atoms with E-state index in [1.807, 2.05) is 18.2 Å². The van der Waals surface area contributed by atoms with Gasteiger partial charge in [0, 0.05) is 25.3 Å². The van der Waals surface area contributed by atoms with Crippen LogP contribution in [0.15, 0.2) is 47.5 Å². The molecule has 0 spiro atoms. The minimum absolute atomic E-state index is 0.00259. The second-order valence-corrected chi connectivity index (χ2v) is 8.58. The molecule has 2 N–H and O–H groups in total. The van der Waals surface area contributed by atoms with Crippen LogP contribution in [0.4, 0.5) is 5.82 Å². The van der Waals surface area contributed by atoms with Crippen LogP contribution in [0.1, 0.15) is 6.42 Å². The maximum atomic E-state index is 12.4. The van der Waals surface area contributed by atoms with E-state index in [0.29, 0.717) is 6.54 Å². The normalized spacial score (nSPS) is 17.1. The van der Waals surface area contributed by atoms with Crippen LogP contribution >= 0.6 is 23.2 Å². The van der Waals surface area contributed by atoms with Crippen LogP contribution in [-0.2, 0) is 14.8 Å². The molecule has 1 atom stereocenters. The number of nitrogens with zero attached hydrogens (tertiary/aromatic N) is 2. The van der Waals surface area contributed by atoms with Crippen molar-refractivity contribution in [3.8, 4) is 0 Å². The van der Waals surface area contributed by atoms with Crippen molar-refractivity contribution in [3.63, 3.8) is 0 Å². The Morgan fingerprint density at radius 3 is 2.59 bits per heavy atom. The zero-order valence-electron chi connectivity index (χ0n) is 14.2. The highest BCUT2D eigenvalue weighted by molar-refractivity contribution is 7.89. The van der Waals surface area contributed by atoms with Gasteiger partial charge >= 0.3 is 0 Å². The second kappa shape index (κ2) is 8.43. The highest BCUT2D eigenvalue weighted by Gasteiger charge is 2.26. The van der Waals surface area contributed by atoms with Crippen molar-refractivity contribution in [1.82, 2.24) is 15.0 Å². The molecule has 7 nitrogen and oxygen atoms in total. The highest BCUT2D eigenvalue weighted by Crippen LogP contribution is 2.28. The summed E-state index contributed by atoms with van der Waals surface area (Å²) in [5.41, 5.74) is 0. The van der Waals surface area contributed by atoms with Crippen LogP contribution in [0, 0.1) is 0 Å². The molecule has 1 amide bonds. The average molecular weight is 429 g/mol. The third-order valence-corrected chi connectivity index (χ3v) is 6.49. The number of carbonyl (C=O) groups excluding carboxylic acids is 1. The summed E-state index contributed by atoms with van der Waals surface area (Å²) in [6.45, 7) is 0.985. The Hall–Kier alpha value is -1.87. The van der Waals surface area contributed by atoms with Crippen LogP contribution in [-0.4, -0.2) is 45.0 Å². The number of halogens is 2. The third kappa shape index (κ3) is 4.90. The summed E-state index contributed by atoms with van der Waals surface area (Å²) in [4.78, 5) is 18.3. The molecule has 1 saturated heterocycles. The molecule has 0 saturated carbocycles. The molecular weight excluding hydrogens is 411 g/mol. The fourth-order valence-corrected chi connectivity index (χ4v) is 5.00. The van der Waals surface area contributed by atoms with Crippen LogP contribution in [0.25, 0.3) is 0 Å². The first-order valence-electron chi connectivity index (χ1n) is 8.26. The number of amides is 1. The smallest absolute Gasteiger partial charge is 0.244 e. The maximum absolute atomic E-state index is 12.4. The molecular formula is C17H18Cl2N4O3S. The summed E-state index contributed by atoms with van der Waals surface area (Å²) < 4.78 is 27.0. The summed E-state index contributed by atoms with van der Waals surface area (Å²) in [7, 11) is -4.00. The lowest BCUT2D eigenvalue weighted by Gasteiger charge is -2.18. The number of rotatable bonds is 6. The molecule has 1 unspecified atom stereocenters. The van der Waals surface area contributed by atoms with Crippen molar-refractivity contribution in [2.24, 2.45) is 0 Å². The Morgan fingerprint density at radius 1 is 1.19 bits per heavy atom. The molecule has 27 heavy (non-hydrogen) atoms. The number of sulfonamides is 1. The summed E-state index contributed by atoms with van der Waals surface area (Å²) in [5.74, 6) is 0.429. The van der Waals surface area contributed by atoms with Gasteiger partial charge in [0.2, 0.25) is 15.9 Å². The predicted octanol–water partition coefficient (Wildman–Crippen LogP) is 2.06. The van der Waals surface area contributed by atoms with E-state index in [4.69, 9.17) is 23.2 Å². The van der Waals surface area contributed by atoms with E-state index >= 15 is 0 Å². The molecule has 0 aliphatic carbocycles. The van der Waals surface area contributed by atoms with Crippen molar-refractivity contribution in [2.45, 2.75) is 17.4 Å². The first kappa shape index (κ1) is 19.9. The van der Waals surface area contributed by atoms with E-state index in [9.17, 15) is 13.2 Å². The Bertz CT molecular complexity index is 905. The van der Waals surface area contributed by atoms with Crippen molar-refractivity contribution in [3.05, 3.63) is 52.6 Å². The minimum atomic E-state index is -4.00. The van der Waals surface area contributed by atoms with Gasteiger partial charge in [0.25, 0.3) is 0 Å². The molecule has 0 bridgehead atoms. The quantitative estimate of drug-likeness (QED) is 0.734. The second-order valence-electron chi connectivity index (χ2n) is 6.06. The van der Waals surface area contributed by atoms with Gasteiger partial charge in [-0.25, -0.2) is 18.1 Å². The Kier molecular flexibility index (Phi) is 6.21. The van der Waals surface area contributed by atoms with Gasteiger partial charge in [-0.05, 0) is 30.7 Å². The number of pyridine rings is 1. The average Bonchev–Trinajstić information content (AvgIpc) is 3.09. The first-order chi connectivity index (χ1) is 12.9. The Labute approximate surface area is 167 Å². The van der Waals surface area contributed by atoms with E-state index in [2.05, 4.69) is 19.9 Å². The molecule has 1 aromatic heterocycles. The maximum Gasteiger partial charge on any atom is 0.244 e. The number of nitrogens with one attached hydrogen (secondary N) is 2. The van der Waals surface area contributed by atoms with Gasteiger partial charge in [-0.1, -0.05) is 35.3 Å². The Balaban J connectivity index is 1.54. The number of anilines is 1. The monoisotopic (exact) mass is 428 g/mol. The third-order valence-electron chi connectivity index (χ3n) is 4.14. The number of benzene rings is 1. The molecule has 1 fully saturated rings. The van der Waals surface area contributed by atoms with Gasteiger partial charge in [-0.2, -0.15) is 0 Å². The number of hydrogen-bond donors (Lipinski definition) is 2. The first-order valence-corrected chi connectivity index (χ1v) is 10.5.